The monoisotopic (exact) mass is 747 g/mol. The molecule has 2 amide bonds. The van der Waals surface area contributed by atoms with Crippen LogP contribution in [0.5, 0.6) is 0 Å². The number of aliphatic carboxylic acids is 1. The number of nitrogens with zero attached hydrogens (tertiary/aromatic N) is 3. The van der Waals surface area contributed by atoms with E-state index < -0.39 is 47.3 Å². The first-order valence-corrected chi connectivity index (χ1v) is 19.2. The fourth-order valence-electron chi connectivity index (χ4n) is 6.36. The van der Waals surface area contributed by atoms with Crippen molar-refractivity contribution in [3.63, 3.8) is 0 Å². The number of anilines is 1. The summed E-state index contributed by atoms with van der Waals surface area (Å²) in [6, 6.07) is 32.9. The Bertz CT molecular complexity index is 2020. The number of amides is 2. The number of pyridine rings is 1. The van der Waals surface area contributed by atoms with Crippen LogP contribution in [0.25, 0.3) is 6.08 Å². The predicted molar refractivity (Wildman–Crippen MR) is 205 cm³/mol. The number of nitrogens with one attached hydrogen (secondary N) is 2. The second-order valence-corrected chi connectivity index (χ2v) is 14.9. The highest BCUT2D eigenvalue weighted by atomic mass is 32.2. The number of aliphatic hydroxyl groups is 1. The van der Waals surface area contributed by atoms with Crippen molar-refractivity contribution >= 4 is 63.9 Å². The van der Waals surface area contributed by atoms with Gasteiger partial charge in [0, 0.05) is 28.4 Å². The first kappa shape index (κ1) is 35.2. The van der Waals surface area contributed by atoms with Gasteiger partial charge in [0.2, 0.25) is 5.91 Å². The largest absolute Gasteiger partial charge is 0.477 e. The first-order chi connectivity index (χ1) is 25.4. The van der Waals surface area contributed by atoms with Crippen molar-refractivity contribution < 1.29 is 24.6 Å². The molecule has 5 aromatic rings. The zero-order valence-electron chi connectivity index (χ0n) is 27.5. The van der Waals surface area contributed by atoms with Gasteiger partial charge in [-0.2, -0.15) is 0 Å². The molecular weight excluding hydrogens is 715 g/mol. The van der Waals surface area contributed by atoms with Gasteiger partial charge in [-0.05, 0) is 39.8 Å². The number of rotatable bonds is 13. The number of aromatic nitrogens is 2. The Morgan fingerprint density at radius 2 is 1.60 bits per heavy atom. The fourth-order valence-corrected chi connectivity index (χ4v) is 9.54. The molecule has 52 heavy (non-hydrogen) atoms. The average Bonchev–Trinajstić information content (AvgIpc) is 3.65. The smallest absolute Gasteiger partial charge is 0.353 e. The van der Waals surface area contributed by atoms with E-state index in [2.05, 4.69) is 52.0 Å². The molecule has 1 saturated heterocycles. The normalized spacial score (nSPS) is 17.7. The lowest BCUT2D eigenvalue weighted by molar-refractivity contribution is -0.150. The Morgan fingerprint density at radius 3 is 2.15 bits per heavy atom. The van der Waals surface area contributed by atoms with Crippen LogP contribution in [0.3, 0.4) is 0 Å². The maximum Gasteiger partial charge on any atom is 0.353 e. The second-order valence-electron chi connectivity index (χ2n) is 12.0. The van der Waals surface area contributed by atoms with E-state index >= 15 is 0 Å². The lowest BCUT2D eigenvalue weighted by Gasteiger charge is -2.49. The number of carboxylic acid groups (broad SMARTS) is 1. The third-order valence-electron chi connectivity index (χ3n) is 8.88. The van der Waals surface area contributed by atoms with Crippen LogP contribution in [-0.4, -0.2) is 66.6 Å². The molecule has 0 aliphatic carbocycles. The number of benzene rings is 3. The number of fused-ring (bicyclic) bond motifs is 1. The molecule has 0 saturated carbocycles. The Kier molecular flexibility index (Phi) is 10.5. The molecular formula is C39H33N5O5S3. The molecule has 1 fully saturated rings. The molecule has 2 aliphatic heterocycles. The molecule has 2 aromatic heterocycles. The Hall–Kier alpha value is -5.21. The molecule has 10 nitrogen and oxygen atoms in total. The van der Waals surface area contributed by atoms with Crippen LogP contribution in [0, 0.1) is 0 Å². The maximum atomic E-state index is 13.7. The van der Waals surface area contributed by atoms with Gasteiger partial charge in [-0.15, -0.1) is 23.1 Å². The fraction of sp³-hybridized carbons (Fsp3) is 0.154. The van der Waals surface area contributed by atoms with Crippen molar-refractivity contribution in [1.29, 1.82) is 0 Å². The highest BCUT2D eigenvalue weighted by Gasteiger charge is 2.54. The predicted octanol–water partition coefficient (Wildman–Crippen LogP) is 6.12. The van der Waals surface area contributed by atoms with E-state index in [-0.39, 0.29) is 5.70 Å². The molecule has 7 rings (SSSR count). The van der Waals surface area contributed by atoms with Crippen molar-refractivity contribution in [1.82, 2.24) is 20.2 Å². The van der Waals surface area contributed by atoms with Crippen LogP contribution in [0.15, 0.2) is 137 Å². The number of β-lactam (4-membered cyclic amide) rings is 1. The second kappa shape index (κ2) is 15.6. The van der Waals surface area contributed by atoms with Gasteiger partial charge in [-0.3, -0.25) is 19.5 Å². The van der Waals surface area contributed by atoms with E-state index in [4.69, 9.17) is 4.98 Å². The summed E-state index contributed by atoms with van der Waals surface area (Å²) in [5.74, 6) is -3.01. The van der Waals surface area contributed by atoms with Gasteiger partial charge in [0.1, 0.15) is 28.6 Å². The van der Waals surface area contributed by atoms with Crippen molar-refractivity contribution in [3.05, 3.63) is 165 Å². The average molecular weight is 748 g/mol. The van der Waals surface area contributed by atoms with E-state index in [0.717, 1.165) is 22.3 Å². The zero-order valence-corrected chi connectivity index (χ0v) is 30.0. The van der Waals surface area contributed by atoms with Crippen LogP contribution in [-0.2, 0) is 19.9 Å². The Balaban J connectivity index is 1.10. The summed E-state index contributed by atoms with van der Waals surface area (Å²) in [7, 11) is 0. The summed E-state index contributed by atoms with van der Waals surface area (Å²) in [5, 5.41) is 30.4. The molecule has 0 bridgehead atoms. The number of hydrogen-bond acceptors (Lipinski definition) is 10. The Morgan fingerprint density at radius 1 is 0.962 bits per heavy atom. The molecule has 0 spiro atoms. The van der Waals surface area contributed by atoms with Gasteiger partial charge in [0.25, 0.3) is 5.91 Å². The van der Waals surface area contributed by atoms with E-state index in [9.17, 15) is 24.6 Å². The number of carbonyl (C=O) groups excluding carboxylic acids is 2. The van der Waals surface area contributed by atoms with Crippen molar-refractivity contribution in [2.24, 2.45) is 0 Å². The highest BCUT2D eigenvalue weighted by Crippen LogP contribution is 2.44. The van der Waals surface area contributed by atoms with Crippen molar-refractivity contribution in [3.8, 4) is 0 Å². The van der Waals surface area contributed by atoms with Crippen LogP contribution in [0.4, 0.5) is 5.13 Å². The minimum absolute atomic E-state index is 0.0901. The zero-order chi connectivity index (χ0) is 36.1. The van der Waals surface area contributed by atoms with Crippen LogP contribution < -0.4 is 10.6 Å². The summed E-state index contributed by atoms with van der Waals surface area (Å²) in [5.41, 5.74) is 3.24. The number of carboxylic acids is 1. The van der Waals surface area contributed by atoms with E-state index in [1.807, 2.05) is 66.7 Å². The van der Waals surface area contributed by atoms with Gasteiger partial charge in [-0.25, -0.2) is 9.78 Å². The van der Waals surface area contributed by atoms with Crippen molar-refractivity contribution in [2.45, 2.75) is 22.9 Å². The lowest BCUT2D eigenvalue weighted by Crippen LogP contribution is -2.70. The molecule has 4 heterocycles. The summed E-state index contributed by atoms with van der Waals surface area (Å²) < 4.78 is 0. The highest BCUT2D eigenvalue weighted by molar-refractivity contribution is 8.08. The molecule has 13 heteroatoms. The van der Waals surface area contributed by atoms with Gasteiger partial charge in [0.15, 0.2) is 5.13 Å². The SMILES string of the molecule is O=C(O)C1=C(SC=Cc2cccnc2)CS[C@H]2C(NC(=O)C(CO)c3csc(NC(c4ccccc4)(c4ccccc4)c4ccccc4)n3)C(=O)N12. The molecule has 4 N–H and O–H groups in total. The Labute approximate surface area is 312 Å². The molecule has 3 aromatic carbocycles. The van der Waals surface area contributed by atoms with Gasteiger partial charge in [0.05, 0.1) is 12.3 Å². The minimum atomic E-state index is -1.21. The molecule has 3 atom stereocenters. The lowest BCUT2D eigenvalue weighted by atomic mass is 9.77. The summed E-state index contributed by atoms with van der Waals surface area (Å²) in [6.45, 7) is -0.539. The standard InChI is InChI=1S/C39H33N5O5S3/c45-22-29(34(46)42-32-35(47)44-33(37(48)49)31(24-51-36(32)44)50-20-18-25-11-10-19-40-21-25)30-23-52-38(41-30)43-39(26-12-4-1-5-13-26,27-14-6-2-7-15-27)28-16-8-3-9-17-28/h1-21,23,29,32,36,45H,22,24H2,(H,41,43)(H,42,46)(H,48,49)/t29?,32?,36-/m0/s1. The third-order valence-corrected chi connectivity index (χ3v) is 12.0. The molecule has 2 aliphatic rings. The third kappa shape index (κ3) is 6.87. The summed E-state index contributed by atoms with van der Waals surface area (Å²) >= 11 is 3.93. The van der Waals surface area contributed by atoms with Crippen LogP contribution in [0.1, 0.15) is 33.9 Å². The van der Waals surface area contributed by atoms with Crippen LogP contribution >= 0.6 is 34.9 Å². The number of carbonyl (C=O) groups is 3. The number of aliphatic hydroxyl groups excluding tert-OH is 1. The molecule has 0 radical (unpaired) electrons. The maximum absolute atomic E-state index is 13.7. The van der Waals surface area contributed by atoms with Crippen molar-refractivity contribution in [2.75, 3.05) is 17.7 Å². The minimum Gasteiger partial charge on any atom is -0.477 e. The summed E-state index contributed by atoms with van der Waals surface area (Å²) in [4.78, 5) is 50.0. The van der Waals surface area contributed by atoms with Gasteiger partial charge < -0.3 is 20.8 Å². The number of thioether (sulfide) groups is 2. The number of thiazole rings is 1. The topological polar surface area (TPSA) is 145 Å². The number of hydrogen-bond donors (Lipinski definition) is 4. The quantitative estimate of drug-likeness (QED) is 0.0822. The van der Waals surface area contributed by atoms with E-state index in [1.54, 1.807) is 29.2 Å². The first-order valence-electron chi connectivity index (χ1n) is 16.4. The van der Waals surface area contributed by atoms with E-state index in [0.29, 0.717) is 21.5 Å². The van der Waals surface area contributed by atoms with E-state index in [1.165, 1.54) is 39.8 Å². The van der Waals surface area contributed by atoms with Gasteiger partial charge in [-0.1, -0.05) is 109 Å². The molecule has 262 valence electrons. The summed E-state index contributed by atoms with van der Waals surface area (Å²) in [6.07, 6.45) is 5.18. The van der Waals surface area contributed by atoms with Crippen LogP contribution in [0.2, 0.25) is 0 Å². The van der Waals surface area contributed by atoms with Gasteiger partial charge >= 0.3 is 5.97 Å². The molecule has 2 unspecified atom stereocenters.